The first-order valence-electron chi connectivity index (χ1n) is 9.47. The largest absolute Gasteiger partial charge is 0.394 e. The normalized spacial score (nSPS) is 12.6. The van der Waals surface area contributed by atoms with E-state index in [2.05, 4.69) is 12.2 Å². The maximum atomic E-state index is 14.5. The van der Waals surface area contributed by atoms with Crippen molar-refractivity contribution >= 4 is 27.8 Å². The van der Waals surface area contributed by atoms with Gasteiger partial charge in [0, 0.05) is 16.9 Å². The molecule has 1 unspecified atom stereocenters. The van der Waals surface area contributed by atoms with E-state index in [-0.39, 0.29) is 23.3 Å². The Morgan fingerprint density at radius 3 is 2.07 bits per heavy atom. The molecule has 9 heteroatoms. The van der Waals surface area contributed by atoms with Crippen LogP contribution in [0.3, 0.4) is 0 Å². The zero-order valence-electron chi connectivity index (χ0n) is 17.9. The maximum Gasteiger partial charge on any atom is 0.394 e. The third-order valence-electron chi connectivity index (χ3n) is 4.26. The smallest absolute Gasteiger partial charge is 0.323 e. The van der Waals surface area contributed by atoms with Gasteiger partial charge in [0.25, 0.3) is 0 Å². The van der Waals surface area contributed by atoms with E-state index in [1.54, 1.807) is 33.8 Å². The number of carbonyl (C=O) groups is 2. The number of carbonyl (C=O) groups excluding carboxylic acids is 2. The summed E-state index contributed by atoms with van der Waals surface area (Å²) < 4.78 is 46.1. The number of benzene rings is 1. The van der Waals surface area contributed by atoms with E-state index >= 15 is 0 Å². The first-order valence-corrected chi connectivity index (χ1v) is 10.9. The van der Waals surface area contributed by atoms with E-state index in [0.29, 0.717) is 11.1 Å². The molecule has 1 amide bonds. The van der Waals surface area contributed by atoms with Gasteiger partial charge in [0.15, 0.2) is 5.78 Å². The Kier molecular flexibility index (Phi) is 10.7. The summed E-state index contributed by atoms with van der Waals surface area (Å²) >= 11 is 0. The Hall–Kier alpha value is -1.84. The second-order valence-corrected chi connectivity index (χ2v) is 8.81. The van der Waals surface area contributed by atoms with Crippen molar-refractivity contribution in [2.75, 3.05) is 5.32 Å². The van der Waals surface area contributed by atoms with Crippen LogP contribution in [0, 0.1) is 24.1 Å². The molecule has 0 saturated heterocycles. The van der Waals surface area contributed by atoms with E-state index in [1.807, 2.05) is 6.92 Å². The minimum atomic E-state index is -4.67. The van der Waals surface area contributed by atoms with Crippen LogP contribution in [0.1, 0.15) is 76.2 Å². The fraction of sp³-hybridized carbons (Fsp3) is 0.600. The summed E-state index contributed by atoms with van der Waals surface area (Å²) in [5.74, 6) is -0.889. The molecule has 0 aliphatic heterocycles. The molecule has 0 heterocycles. The Labute approximate surface area is 172 Å². The number of unbranched alkanes of at least 4 members (excludes halogenated alkanes) is 1. The quantitative estimate of drug-likeness (QED) is 0.417. The second-order valence-electron chi connectivity index (χ2n) is 7.91. The lowest BCUT2D eigenvalue weighted by atomic mass is 9.89. The molecule has 1 rings (SSSR count). The molecule has 7 nitrogen and oxygen atoms in total. The molecule has 3 N–H and O–H groups in total. The Balaban J connectivity index is 0.00000139. The monoisotopic (exact) mass is 433 g/mol. The fourth-order valence-electron chi connectivity index (χ4n) is 2.55. The summed E-state index contributed by atoms with van der Waals surface area (Å²) in [6, 6.07) is 2.93. The van der Waals surface area contributed by atoms with E-state index in [4.69, 9.17) is 17.5 Å². The first kappa shape index (κ1) is 27.2. The van der Waals surface area contributed by atoms with Crippen LogP contribution in [0.25, 0.3) is 0 Å². The minimum absolute atomic E-state index is 0.0124. The Morgan fingerprint density at radius 2 is 1.69 bits per heavy atom. The van der Waals surface area contributed by atoms with Gasteiger partial charge in [-0.1, -0.05) is 47.5 Å². The topological polar surface area (TPSA) is 121 Å². The number of aryl methyl sites for hydroxylation is 1. The van der Waals surface area contributed by atoms with E-state index in [0.717, 1.165) is 25.7 Å². The Bertz CT molecular complexity index is 784. The highest BCUT2D eigenvalue weighted by Crippen LogP contribution is 2.27. The van der Waals surface area contributed by atoms with Crippen molar-refractivity contribution in [2.24, 2.45) is 11.3 Å². The number of anilines is 1. The average molecular weight is 434 g/mol. The molecule has 0 radical (unpaired) electrons. The summed E-state index contributed by atoms with van der Waals surface area (Å²) in [6.07, 6.45) is 3.61. The molecule has 0 saturated carbocycles. The van der Waals surface area contributed by atoms with E-state index < -0.39 is 21.6 Å². The molecule has 0 aliphatic carbocycles. The second kappa shape index (κ2) is 11.4. The summed E-state index contributed by atoms with van der Waals surface area (Å²) in [4.78, 5) is 24.7. The molecule has 166 valence electrons. The number of ketones is 1. The van der Waals surface area contributed by atoms with Crippen molar-refractivity contribution in [1.29, 1.82) is 0 Å². The molecule has 1 aromatic carbocycles. The van der Waals surface area contributed by atoms with Gasteiger partial charge in [-0.05, 0) is 37.5 Å². The molecule has 0 fully saturated rings. The molecule has 0 bridgehead atoms. The van der Waals surface area contributed by atoms with Crippen LogP contribution in [0.4, 0.5) is 10.1 Å². The molecular weight excluding hydrogens is 401 g/mol. The number of hydrogen-bond donors (Lipinski definition) is 3. The lowest BCUT2D eigenvalue weighted by Gasteiger charge is -2.20. The molecule has 0 spiro atoms. The SMILES string of the molecule is CCCCC(CC)C(=O)c1cc(C)c(NC(=O)C(C)(C)C)c(F)c1.O=S(=O)(O)O. The zero-order valence-corrected chi connectivity index (χ0v) is 18.7. The third-order valence-corrected chi connectivity index (χ3v) is 4.26. The van der Waals surface area contributed by atoms with Crippen LogP contribution in [0.5, 0.6) is 0 Å². The first-order chi connectivity index (χ1) is 13.1. The number of amides is 1. The van der Waals surface area contributed by atoms with Gasteiger partial charge >= 0.3 is 10.4 Å². The van der Waals surface area contributed by atoms with Crippen molar-refractivity contribution in [3.63, 3.8) is 0 Å². The van der Waals surface area contributed by atoms with Gasteiger partial charge in [0.1, 0.15) is 5.82 Å². The molecule has 1 aromatic rings. The molecule has 1 atom stereocenters. The number of nitrogens with one attached hydrogen (secondary N) is 1. The van der Waals surface area contributed by atoms with Gasteiger partial charge in [-0.15, -0.1) is 0 Å². The highest BCUT2D eigenvalue weighted by atomic mass is 32.3. The van der Waals surface area contributed by atoms with Crippen molar-refractivity contribution in [3.05, 3.63) is 29.1 Å². The summed E-state index contributed by atoms with van der Waals surface area (Å²) in [5.41, 5.74) is 0.511. The van der Waals surface area contributed by atoms with Gasteiger partial charge in [0.2, 0.25) is 5.91 Å². The van der Waals surface area contributed by atoms with Crippen LogP contribution in [-0.4, -0.2) is 29.2 Å². The molecular formula is C20H32FNO6S. The maximum absolute atomic E-state index is 14.5. The lowest BCUT2D eigenvalue weighted by molar-refractivity contribution is -0.123. The molecule has 29 heavy (non-hydrogen) atoms. The van der Waals surface area contributed by atoms with Gasteiger partial charge in [-0.25, -0.2) is 4.39 Å². The predicted molar refractivity (Wildman–Crippen MR) is 111 cm³/mol. The standard InChI is InChI=1S/C20H30FNO2.H2O4S/c1-7-9-10-14(8-2)18(23)15-11-13(3)17(16(21)12-15)22-19(24)20(4,5)6;1-5(2,3)4/h11-12,14H,7-10H2,1-6H3,(H,22,24);(H2,1,2,3,4). The van der Waals surface area contributed by atoms with Crippen LogP contribution in [0.15, 0.2) is 12.1 Å². The van der Waals surface area contributed by atoms with Gasteiger partial charge < -0.3 is 5.32 Å². The van der Waals surface area contributed by atoms with Gasteiger partial charge in [-0.2, -0.15) is 8.42 Å². The lowest BCUT2D eigenvalue weighted by Crippen LogP contribution is -2.28. The van der Waals surface area contributed by atoms with Crippen molar-refractivity contribution in [2.45, 2.75) is 67.2 Å². The van der Waals surface area contributed by atoms with Crippen molar-refractivity contribution in [1.82, 2.24) is 0 Å². The van der Waals surface area contributed by atoms with Gasteiger partial charge in [0.05, 0.1) is 5.69 Å². The average Bonchev–Trinajstić information content (AvgIpc) is 2.55. The Morgan fingerprint density at radius 1 is 1.17 bits per heavy atom. The van der Waals surface area contributed by atoms with Crippen LogP contribution < -0.4 is 5.32 Å². The number of halogens is 1. The number of hydrogen-bond acceptors (Lipinski definition) is 4. The third kappa shape index (κ3) is 10.5. The van der Waals surface area contributed by atoms with E-state index in [1.165, 1.54) is 6.07 Å². The van der Waals surface area contributed by atoms with Crippen molar-refractivity contribution in [3.8, 4) is 0 Å². The number of rotatable bonds is 7. The highest BCUT2D eigenvalue weighted by molar-refractivity contribution is 7.79. The fourth-order valence-corrected chi connectivity index (χ4v) is 2.55. The molecule has 0 aromatic heterocycles. The highest BCUT2D eigenvalue weighted by Gasteiger charge is 2.24. The minimum Gasteiger partial charge on any atom is -0.323 e. The molecule has 0 aliphatic rings. The van der Waals surface area contributed by atoms with Crippen LogP contribution in [0.2, 0.25) is 0 Å². The van der Waals surface area contributed by atoms with Crippen LogP contribution in [-0.2, 0) is 15.2 Å². The van der Waals surface area contributed by atoms with Crippen molar-refractivity contribution < 1.29 is 31.5 Å². The summed E-state index contributed by atoms with van der Waals surface area (Å²) in [7, 11) is -4.67. The predicted octanol–water partition coefficient (Wildman–Crippen LogP) is 4.87. The van der Waals surface area contributed by atoms with Gasteiger partial charge in [-0.3, -0.25) is 18.7 Å². The zero-order chi connectivity index (χ0) is 23.0. The number of Topliss-reactive ketones (excluding diaryl/α,β-unsaturated/α-hetero) is 1. The van der Waals surface area contributed by atoms with Crippen LogP contribution >= 0.6 is 0 Å². The summed E-state index contributed by atoms with van der Waals surface area (Å²) in [6.45, 7) is 11.1. The van der Waals surface area contributed by atoms with E-state index in [9.17, 15) is 14.0 Å². The summed E-state index contributed by atoms with van der Waals surface area (Å²) in [5, 5.41) is 2.64.